The summed E-state index contributed by atoms with van der Waals surface area (Å²) in [6.07, 6.45) is 2.52. The van der Waals surface area contributed by atoms with Gasteiger partial charge in [-0.15, -0.1) is 0 Å². The maximum absolute atomic E-state index is 11.6. The van der Waals surface area contributed by atoms with E-state index in [-0.39, 0.29) is 24.3 Å². The third kappa shape index (κ3) is 1.61. The van der Waals surface area contributed by atoms with E-state index in [0.717, 1.165) is 17.7 Å². The van der Waals surface area contributed by atoms with Crippen molar-refractivity contribution in [1.82, 2.24) is 9.55 Å². The minimum atomic E-state index is -0.238. The van der Waals surface area contributed by atoms with E-state index in [0.29, 0.717) is 0 Å². The van der Waals surface area contributed by atoms with Crippen LogP contribution in [0, 0.1) is 12.8 Å². The number of rotatable bonds is 2. The highest BCUT2D eigenvalue weighted by Crippen LogP contribution is 2.40. The molecule has 0 bridgehead atoms. The number of aryl methyl sites for hydroxylation is 1. The molecule has 2 atom stereocenters. The molecule has 1 N–H and O–H groups in total. The van der Waals surface area contributed by atoms with Crippen LogP contribution in [-0.2, 0) is 0 Å². The number of nitrogens with zero attached hydrogens (tertiary/aromatic N) is 2. The summed E-state index contributed by atoms with van der Waals surface area (Å²) in [5.41, 5.74) is 1.41. The summed E-state index contributed by atoms with van der Waals surface area (Å²) >= 11 is 0. The first-order chi connectivity index (χ1) is 7.13. The SMILES string of the molecule is C=C1[C@H](CO)C[C@@H]1n1ccc(C)nc1=O. The summed E-state index contributed by atoms with van der Waals surface area (Å²) < 4.78 is 1.58. The smallest absolute Gasteiger partial charge is 0.348 e. The molecule has 1 fully saturated rings. The second-order valence-electron chi connectivity index (χ2n) is 3.96. The predicted molar refractivity (Wildman–Crippen MR) is 56.6 cm³/mol. The Balaban J connectivity index is 2.26. The van der Waals surface area contributed by atoms with Crippen molar-refractivity contribution in [3.63, 3.8) is 0 Å². The maximum atomic E-state index is 11.6. The number of hydrogen-bond donors (Lipinski definition) is 1. The second-order valence-corrected chi connectivity index (χ2v) is 3.96. The van der Waals surface area contributed by atoms with E-state index in [1.165, 1.54) is 0 Å². The Labute approximate surface area is 87.9 Å². The molecular formula is C11H14N2O2. The van der Waals surface area contributed by atoms with E-state index < -0.39 is 0 Å². The third-order valence-corrected chi connectivity index (χ3v) is 2.99. The number of aliphatic hydroxyl groups is 1. The molecule has 1 heterocycles. The van der Waals surface area contributed by atoms with Gasteiger partial charge in [-0.2, -0.15) is 4.98 Å². The fourth-order valence-corrected chi connectivity index (χ4v) is 1.90. The standard InChI is InChI=1S/C11H14N2O2/c1-7-3-4-13(11(15)12-7)10-5-9(6-14)8(10)2/h3-4,9-10,14H,2,5-6H2,1H3/t9-,10-/m0/s1. The van der Waals surface area contributed by atoms with Gasteiger partial charge >= 0.3 is 5.69 Å². The monoisotopic (exact) mass is 206 g/mol. The van der Waals surface area contributed by atoms with Crippen LogP contribution < -0.4 is 5.69 Å². The number of hydrogen-bond acceptors (Lipinski definition) is 3. The summed E-state index contributed by atoms with van der Waals surface area (Å²) in [5, 5.41) is 8.97. The molecule has 0 spiro atoms. The average Bonchev–Trinajstić information content (AvgIpc) is 2.20. The van der Waals surface area contributed by atoms with Gasteiger partial charge in [0, 0.05) is 24.4 Å². The van der Waals surface area contributed by atoms with Gasteiger partial charge in [-0.05, 0) is 25.0 Å². The maximum Gasteiger partial charge on any atom is 0.348 e. The van der Waals surface area contributed by atoms with E-state index >= 15 is 0 Å². The van der Waals surface area contributed by atoms with Crippen LogP contribution in [0.5, 0.6) is 0 Å². The molecule has 2 rings (SSSR count). The molecule has 1 saturated carbocycles. The normalized spacial score (nSPS) is 25.1. The fraction of sp³-hybridized carbons (Fsp3) is 0.455. The largest absolute Gasteiger partial charge is 0.396 e. The molecule has 4 heteroatoms. The van der Waals surface area contributed by atoms with E-state index in [4.69, 9.17) is 5.11 Å². The molecule has 15 heavy (non-hydrogen) atoms. The lowest BCUT2D eigenvalue weighted by atomic mass is 9.76. The first-order valence-corrected chi connectivity index (χ1v) is 4.99. The van der Waals surface area contributed by atoms with Gasteiger partial charge in [0.05, 0.1) is 6.04 Å². The summed E-state index contributed by atoms with van der Waals surface area (Å²) in [6.45, 7) is 5.79. The summed E-state index contributed by atoms with van der Waals surface area (Å²) in [4.78, 5) is 15.4. The van der Waals surface area contributed by atoms with Crippen LogP contribution in [0.15, 0.2) is 29.2 Å². The predicted octanol–water partition coefficient (Wildman–Crippen LogP) is 0.661. The third-order valence-electron chi connectivity index (χ3n) is 2.99. The van der Waals surface area contributed by atoms with Crippen LogP contribution in [0.1, 0.15) is 18.2 Å². The molecule has 0 aromatic carbocycles. The topological polar surface area (TPSA) is 55.1 Å². The molecule has 0 amide bonds. The van der Waals surface area contributed by atoms with E-state index in [2.05, 4.69) is 11.6 Å². The van der Waals surface area contributed by atoms with Gasteiger partial charge in [-0.3, -0.25) is 4.57 Å². The van der Waals surface area contributed by atoms with E-state index in [1.807, 2.05) is 0 Å². The molecule has 0 radical (unpaired) electrons. The Kier molecular flexibility index (Phi) is 2.44. The summed E-state index contributed by atoms with van der Waals surface area (Å²) in [5.74, 6) is 0.142. The molecule has 1 aliphatic carbocycles. The zero-order valence-electron chi connectivity index (χ0n) is 8.68. The molecular weight excluding hydrogens is 192 g/mol. The highest BCUT2D eigenvalue weighted by molar-refractivity contribution is 5.20. The first-order valence-electron chi connectivity index (χ1n) is 4.99. The lowest BCUT2D eigenvalue weighted by molar-refractivity contribution is 0.176. The Morgan fingerprint density at radius 1 is 1.73 bits per heavy atom. The van der Waals surface area contributed by atoms with Crippen molar-refractivity contribution in [1.29, 1.82) is 0 Å². The molecule has 0 aliphatic heterocycles. The number of aromatic nitrogens is 2. The van der Waals surface area contributed by atoms with Crippen LogP contribution in [0.2, 0.25) is 0 Å². The number of aliphatic hydroxyl groups excluding tert-OH is 1. The van der Waals surface area contributed by atoms with Crippen molar-refractivity contribution >= 4 is 0 Å². The minimum absolute atomic E-state index is 0.0164. The van der Waals surface area contributed by atoms with Crippen molar-refractivity contribution in [3.8, 4) is 0 Å². The van der Waals surface area contributed by atoms with Gasteiger partial charge in [0.25, 0.3) is 0 Å². The van der Waals surface area contributed by atoms with Gasteiger partial charge < -0.3 is 5.11 Å². The Bertz CT molecular complexity index is 450. The van der Waals surface area contributed by atoms with Gasteiger partial charge in [0.1, 0.15) is 0 Å². The van der Waals surface area contributed by atoms with Gasteiger partial charge in [0.15, 0.2) is 0 Å². The molecule has 80 valence electrons. The Hall–Kier alpha value is -1.42. The lowest BCUT2D eigenvalue weighted by Gasteiger charge is -2.38. The van der Waals surface area contributed by atoms with Crippen LogP contribution in [-0.4, -0.2) is 21.3 Å². The van der Waals surface area contributed by atoms with Crippen LogP contribution in [0.3, 0.4) is 0 Å². The summed E-state index contributed by atoms with van der Waals surface area (Å²) in [6, 6.07) is 1.82. The molecule has 0 unspecified atom stereocenters. The molecule has 0 saturated heterocycles. The van der Waals surface area contributed by atoms with Crippen LogP contribution >= 0.6 is 0 Å². The van der Waals surface area contributed by atoms with Crippen molar-refractivity contribution in [2.75, 3.05) is 6.61 Å². The van der Waals surface area contributed by atoms with Gasteiger partial charge in [-0.25, -0.2) is 4.79 Å². The van der Waals surface area contributed by atoms with Gasteiger partial charge in [0.2, 0.25) is 0 Å². The van der Waals surface area contributed by atoms with Crippen LogP contribution in [0.25, 0.3) is 0 Å². The second kappa shape index (κ2) is 3.62. The van der Waals surface area contributed by atoms with Gasteiger partial charge in [-0.1, -0.05) is 6.58 Å². The van der Waals surface area contributed by atoms with E-state index in [9.17, 15) is 4.79 Å². The zero-order valence-corrected chi connectivity index (χ0v) is 8.68. The highest BCUT2D eigenvalue weighted by atomic mass is 16.3. The quantitative estimate of drug-likeness (QED) is 0.723. The minimum Gasteiger partial charge on any atom is -0.396 e. The van der Waals surface area contributed by atoms with E-state index in [1.54, 1.807) is 23.8 Å². The Morgan fingerprint density at radius 3 is 3.00 bits per heavy atom. The van der Waals surface area contributed by atoms with Crippen molar-refractivity contribution in [2.45, 2.75) is 19.4 Å². The van der Waals surface area contributed by atoms with Crippen molar-refractivity contribution in [2.24, 2.45) is 5.92 Å². The zero-order chi connectivity index (χ0) is 11.0. The Morgan fingerprint density at radius 2 is 2.47 bits per heavy atom. The average molecular weight is 206 g/mol. The highest BCUT2D eigenvalue weighted by Gasteiger charge is 2.34. The summed E-state index contributed by atoms with van der Waals surface area (Å²) in [7, 11) is 0. The molecule has 1 aromatic rings. The first kappa shape index (κ1) is 10.1. The lowest BCUT2D eigenvalue weighted by Crippen LogP contribution is -2.38. The molecule has 1 aliphatic rings. The van der Waals surface area contributed by atoms with Crippen molar-refractivity contribution < 1.29 is 5.11 Å². The molecule has 4 nitrogen and oxygen atoms in total. The van der Waals surface area contributed by atoms with Crippen molar-refractivity contribution in [3.05, 3.63) is 40.6 Å². The van der Waals surface area contributed by atoms with Crippen LogP contribution in [0.4, 0.5) is 0 Å². The molecule has 1 aromatic heterocycles. The fourth-order valence-electron chi connectivity index (χ4n) is 1.90.